The average Bonchev–Trinajstić information content (AvgIpc) is 2.79. The average molecular weight is 239 g/mol. The molecule has 1 aromatic rings. The van der Waals surface area contributed by atoms with Gasteiger partial charge in [-0.1, -0.05) is 0 Å². The molecule has 4 nitrogen and oxygen atoms in total. The Morgan fingerprint density at radius 3 is 2.82 bits per heavy atom. The molecule has 1 aromatic heterocycles. The monoisotopic (exact) mass is 239 g/mol. The molecule has 1 aliphatic rings. The van der Waals surface area contributed by atoms with Crippen molar-refractivity contribution in [3.8, 4) is 0 Å². The predicted molar refractivity (Wildman–Crippen MR) is 64.7 cm³/mol. The minimum Gasteiger partial charge on any atom is -0.462 e. The largest absolute Gasteiger partial charge is 0.462 e. The van der Waals surface area contributed by atoms with Gasteiger partial charge in [-0.05, 0) is 37.9 Å². The van der Waals surface area contributed by atoms with Crippen LogP contribution in [0.2, 0.25) is 0 Å². The van der Waals surface area contributed by atoms with Crippen molar-refractivity contribution in [2.24, 2.45) is 5.92 Å². The predicted octanol–water partition coefficient (Wildman–Crippen LogP) is 1.94. The highest BCUT2D eigenvalue weighted by molar-refractivity contribution is 5.06. The Morgan fingerprint density at radius 1 is 1.29 bits per heavy atom. The van der Waals surface area contributed by atoms with Crippen molar-refractivity contribution < 1.29 is 13.9 Å². The Balaban J connectivity index is 1.66. The number of nitrogens with one attached hydrogen (secondary N) is 1. The molecule has 0 atom stereocenters. The van der Waals surface area contributed by atoms with Crippen LogP contribution in [0.25, 0.3) is 0 Å². The molecule has 2 heterocycles. The smallest absolute Gasteiger partial charge is 0.129 e. The van der Waals surface area contributed by atoms with Gasteiger partial charge in [0, 0.05) is 13.2 Å². The first-order valence-electron chi connectivity index (χ1n) is 6.26. The maximum Gasteiger partial charge on any atom is 0.129 e. The quantitative estimate of drug-likeness (QED) is 0.824. The molecular formula is C13H21NO3. The van der Waals surface area contributed by atoms with Crippen molar-refractivity contribution in [1.82, 2.24) is 5.32 Å². The van der Waals surface area contributed by atoms with Crippen LogP contribution in [0.15, 0.2) is 16.5 Å². The maximum absolute atomic E-state index is 5.68. The van der Waals surface area contributed by atoms with Crippen LogP contribution in [0.1, 0.15) is 24.4 Å². The fraction of sp³-hybridized carbons (Fsp3) is 0.692. The standard InChI is InChI=1S/C13H21NO3/c1-14-8-12-2-3-13(17-12)10-16-9-11-4-6-15-7-5-11/h2-3,11,14H,4-10H2,1H3. The Bertz CT molecular complexity index is 318. The molecule has 0 unspecified atom stereocenters. The molecule has 1 fully saturated rings. The lowest BCUT2D eigenvalue weighted by Crippen LogP contribution is -2.20. The van der Waals surface area contributed by atoms with Crippen LogP contribution >= 0.6 is 0 Å². The zero-order chi connectivity index (χ0) is 11.9. The van der Waals surface area contributed by atoms with E-state index in [2.05, 4.69) is 5.32 Å². The van der Waals surface area contributed by atoms with E-state index in [1.807, 2.05) is 19.2 Å². The molecular weight excluding hydrogens is 218 g/mol. The topological polar surface area (TPSA) is 43.6 Å². The van der Waals surface area contributed by atoms with E-state index in [-0.39, 0.29) is 0 Å². The van der Waals surface area contributed by atoms with Gasteiger partial charge in [0.05, 0.1) is 13.2 Å². The van der Waals surface area contributed by atoms with Crippen molar-refractivity contribution >= 4 is 0 Å². The first-order valence-corrected chi connectivity index (χ1v) is 6.26. The van der Waals surface area contributed by atoms with Crippen molar-refractivity contribution in [2.45, 2.75) is 26.0 Å². The van der Waals surface area contributed by atoms with E-state index in [1.54, 1.807) is 0 Å². The van der Waals surface area contributed by atoms with E-state index in [0.717, 1.165) is 50.7 Å². The molecule has 1 saturated heterocycles. The van der Waals surface area contributed by atoms with Crippen molar-refractivity contribution in [3.63, 3.8) is 0 Å². The summed E-state index contributed by atoms with van der Waals surface area (Å²) in [5, 5.41) is 3.06. The van der Waals surface area contributed by atoms with Gasteiger partial charge in [-0.25, -0.2) is 0 Å². The van der Waals surface area contributed by atoms with Crippen molar-refractivity contribution in [1.29, 1.82) is 0 Å². The van der Waals surface area contributed by atoms with Gasteiger partial charge in [0.1, 0.15) is 18.1 Å². The first-order chi connectivity index (χ1) is 8.38. The first kappa shape index (κ1) is 12.6. The van der Waals surface area contributed by atoms with Crippen LogP contribution in [-0.2, 0) is 22.6 Å². The van der Waals surface area contributed by atoms with E-state index in [1.165, 1.54) is 0 Å². The third-order valence-electron chi connectivity index (χ3n) is 3.01. The van der Waals surface area contributed by atoms with Crippen molar-refractivity contribution in [2.75, 3.05) is 26.9 Å². The number of ether oxygens (including phenoxy) is 2. The van der Waals surface area contributed by atoms with Crippen LogP contribution < -0.4 is 5.32 Å². The van der Waals surface area contributed by atoms with E-state index in [4.69, 9.17) is 13.9 Å². The van der Waals surface area contributed by atoms with Crippen LogP contribution in [0.4, 0.5) is 0 Å². The van der Waals surface area contributed by atoms with Crippen LogP contribution in [-0.4, -0.2) is 26.9 Å². The fourth-order valence-corrected chi connectivity index (χ4v) is 2.01. The lowest BCUT2D eigenvalue weighted by Gasteiger charge is -2.21. The van der Waals surface area contributed by atoms with Crippen molar-refractivity contribution in [3.05, 3.63) is 23.7 Å². The molecule has 96 valence electrons. The van der Waals surface area contributed by atoms with Crippen LogP contribution in [0, 0.1) is 5.92 Å². The zero-order valence-electron chi connectivity index (χ0n) is 10.4. The SMILES string of the molecule is CNCc1ccc(COCC2CCOCC2)o1. The van der Waals surface area contributed by atoms with E-state index in [9.17, 15) is 0 Å². The summed E-state index contributed by atoms with van der Waals surface area (Å²) in [6.07, 6.45) is 2.23. The number of rotatable bonds is 6. The molecule has 0 spiro atoms. The van der Waals surface area contributed by atoms with Gasteiger partial charge in [0.25, 0.3) is 0 Å². The molecule has 0 aromatic carbocycles. The van der Waals surface area contributed by atoms with Gasteiger partial charge in [0.15, 0.2) is 0 Å². The third kappa shape index (κ3) is 4.15. The third-order valence-corrected chi connectivity index (χ3v) is 3.01. The molecule has 0 radical (unpaired) electrons. The van der Waals surface area contributed by atoms with Gasteiger partial charge in [-0.3, -0.25) is 0 Å². The lowest BCUT2D eigenvalue weighted by molar-refractivity contribution is 0.0118. The molecule has 2 rings (SSSR count). The van der Waals surface area contributed by atoms with E-state index in [0.29, 0.717) is 12.5 Å². The summed E-state index contributed by atoms with van der Waals surface area (Å²) in [4.78, 5) is 0. The molecule has 4 heteroatoms. The highest BCUT2D eigenvalue weighted by Gasteiger charge is 2.13. The van der Waals surface area contributed by atoms with Gasteiger partial charge in [0.2, 0.25) is 0 Å². The Hall–Kier alpha value is -0.840. The zero-order valence-corrected chi connectivity index (χ0v) is 10.4. The second kappa shape index (κ2) is 6.79. The highest BCUT2D eigenvalue weighted by atomic mass is 16.5. The van der Waals surface area contributed by atoms with E-state index >= 15 is 0 Å². The minimum atomic E-state index is 0.571. The van der Waals surface area contributed by atoms with Gasteiger partial charge in [-0.2, -0.15) is 0 Å². The molecule has 0 aliphatic carbocycles. The molecule has 0 saturated carbocycles. The van der Waals surface area contributed by atoms with Gasteiger partial charge >= 0.3 is 0 Å². The fourth-order valence-electron chi connectivity index (χ4n) is 2.01. The number of hydrogen-bond donors (Lipinski definition) is 1. The summed E-state index contributed by atoms with van der Waals surface area (Å²) in [5.41, 5.74) is 0. The number of furan rings is 1. The maximum atomic E-state index is 5.68. The van der Waals surface area contributed by atoms with Crippen LogP contribution in [0.5, 0.6) is 0 Å². The normalized spacial score (nSPS) is 17.5. The lowest BCUT2D eigenvalue weighted by atomic mass is 10.0. The summed E-state index contributed by atoms with van der Waals surface area (Å²) < 4.78 is 16.6. The van der Waals surface area contributed by atoms with Gasteiger partial charge < -0.3 is 19.2 Å². The molecule has 17 heavy (non-hydrogen) atoms. The Morgan fingerprint density at radius 2 is 2.06 bits per heavy atom. The number of hydrogen-bond acceptors (Lipinski definition) is 4. The van der Waals surface area contributed by atoms with E-state index < -0.39 is 0 Å². The summed E-state index contributed by atoms with van der Waals surface area (Å²) in [6.45, 7) is 3.90. The summed E-state index contributed by atoms with van der Waals surface area (Å²) >= 11 is 0. The highest BCUT2D eigenvalue weighted by Crippen LogP contribution is 2.16. The van der Waals surface area contributed by atoms with Gasteiger partial charge in [-0.15, -0.1) is 0 Å². The Labute approximate surface area is 102 Å². The molecule has 1 aliphatic heterocycles. The minimum absolute atomic E-state index is 0.571. The molecule has 0 bridgehead atoms. The Kier molecular flexibility index (Phi) is 5.04. The summed E-state index contributed by atoms with van der Waals surface area (Å²) in [7, 11) is 1.91. The molecule has 0 amide bonds. The second-order valence-electron chi connectivity index (χ2n) is 4.47. The second-order valence-corrected chi connectivity index (χ2v) is 4.47. The summed E-state index contributed by atoms with van der Waals surface area (Å²) in [6, 6.07) is 3.97. The van der Waals surface area contributed by atoms with Crippen LogP contribution in [0.3, 0.4) is 0 Å². The summed E-state index contributed by atoms with van der Waals surface area (Å²) in [5.74, 6) is 2.51. The molecule has 1 N–H and O–H groups in total.